The first-order chi connectivity index (χ1) is 17.4. The third-order valence-corrected chi connectivity index (χ3v) is 7.48. The number of rotatable bonds is 9. The van der Waals surface area contributed by atoms with Crippen LogP contribution in [-0.2, 0) is 20.6 Å². The van der Waals surface area contributed by atoms with E-state index < -0.39 is 29.4 Å². The molecule has 4 rings (SSSR count). The van der Waals surface area contributed by atoms with E-state index in [2.05, 4.69) is 6.92 Å². The number of hydrogen-bond acceptors (Lipinski definition) is 3. The molecular weight excluding hydrogens is 472 g/mol. The van der Waals surface area contributed by atoms with Crippen LogP contribution in [0.2, 0.25) is 0 Å². The van der Waals surface area contributed by atoms with Crippen LogP contribution >= 0.6 is 0 Å². The largest absolute Gasteiger partial charge is 0.373 e. The van der Waals surface area contributed by atoms with E-state index in [1.807, 2.05) is 6.92 Å². The highest BCUT2D eigenvalue weighted by molar-refractivity contribution is 5.66. The maximum atomic E-state index is 15.0. The minimum absolute atomic E-state index is 0.130. The first-order valence-corrected chi connectivity index (χ1v) is 13.2. The van der Waals surface area contributed by atoms with Crippen molar-refractivity contribution in [3.63, 3.8) is 0 Å². The van der Waals surface area contributed by atoms with Crippen molar-refractivity contribution in [2.24, 2.45) is 11.8 Å². The van der Waals surface area contributed by atoms with Gasteiger partial charge in [-0.3, -0.25) is 0 Å². The highest BCUT2D eigenvalue weighted by atomic mass is 19.2. The van der Waals surface area contributed by atoms with E-state index in [-0.39, 0.29) is 34.5 Å². The Morgan fingerprint density at radius 3 is 2.06 bits per heavy atom. The zero-order valence-corrected chi connectivity index (χ0v) is 21.1. The summed E-state index contributed by atoms with van der Waals surface area (Å²) in [6, 6.07) is 5.55. The van der Waals surface area contributed by atoms with E-state index in [0.717, 1.165) is 32.1 Å². The highest BCUT2D eigenvalue weighted by Gasteiger charge is 2.28. The molecule has 0 aliphatic carbocycles. The van der Waals surface area contributed by atoms with Crippen LogP contribution in [0, 0.1) is 35.1 Å². The lowest BCUT2D eigenvalue weighted by atomic mass is 9.90. The molecule has 0 N–H and O–H groups in total. The van der Waals surface area contributed by atoms with Gasteiger partial charge >= 0.3 is 0 Å². The normalized spacial score (nSPS) is 24.7. The zero-order chi connectivity index (χ0) is 25.7. The van der Waals surface area contributed by atoms with Gasteiger partial charge in [-0.25, -0.2) is 17.6 Å². The van der Waals surface area contributed by atoms with Crippen LogP contribution in [0.15, 0.2) is 24.3 Å². The van der Waals surface area contributed by atoms with Gasteiger partial charge in [0.2, 0.25) is 0 Å². The summed E-state index contributed by atoms with van der Waals surface area (Å²) in [4.78, 5) is 0. The quantitative estimate of drug-likeness (QED) is 0.322. The van der Waals surface area contributed by atoms with Crippen LogP contribution in [0.1, 0.15) is 76.0 Å². The van der Waals surface area contributed by atoms with Crippen molar-refractivity contribution >= 4 is 0 Å². The fourth-order valence-electron chi connectivity index (χ4n) is 5.39. The Morgan fingerprint density at radius 1 is 0.750 bits per heavy atom. The number of aryl methyl sites for hydroxylation is 1. The number of benzene rings is 2. The lowest BCUT2D eigenvalue weighted by molar-refractivity contribution is -0.173. The molecule has 36 heavy (non-hydrogen) atoms. The Hall–Kier alpha value is -1.96. The molecule has 2 heterocycles. The van der Waals surface area contributed by atoms with Gasteiger partial charge in [-0.1, -0.05) is 37.6 Å². The van der Waals surface area contributed by atoms with Crippen molar-refractivity contribution in [2.45, 2.75) is 77.6 Å². The van der Waals surface area contributed by atoms with E-state index >= 15 is 8.78 Å². The number of ether oxygens (including phenoxy) is 3. The SMILES string of the molecule is CCCC1CCC(c2ccc(-c3ccc(CCC4CCC(OCC)OC4)c(F)c3F)c(F)c2F)OC1. The zero-order valence-electron chi connectivity index (χ0n) is 21.1. The molecular formula is C29H36F4O3. The molecule has 198 valence electrons. The monoisotopic (exact) mass is 508 g/mol. The van der Waals surface area contributed by atoms with Gasteiger partial charge in [-0.05, 0) is 69.3 Å². The van der Waals surface area contributed by atoms with Crippen molar-refractivity contribution in [1.29, 1.82) is 0 Å². The lowest BCUT2D eigenvalue weighted by Gasteiger charge is -2.29. The van der Waals surface area contributed by atoms with Gasteiger partial charge in [-0.15, -0.1) is 0 Å². The second-order valence-electron chi connectivity index (χ2n) is 9.98. The summed E-state index contributed by atoms with van der Waals surface area (Å²) in [6.45, 7) is 5.65. The summed E-state index contributed by atoms with van der Waals surface area (Å²) in [5.41, 5.74) is -0.225. The van der Waals surface area contributed by atoms with Crippen molar-refractivity contribution < 1.29 is 31.8 Å². The average molecular weight is 509 g/mol. The smallest absolute Gasteiger partial charge is 0.167 e. The maximum Gasteiger partial charge on any atom is 0.167 e. The lowest BCUT2D eigenvalue weighted by Crippen LogP contribution is -2.28. The summed E-state index contributed by atoms with van der Waals surface area (Å²) in [7, 11) is 0. The number of halogens is 4. The predicted octanol–water partition coefficient (Wildman–Crippen LogP) is 7.90. The topological polar surface area (TPSA) is 27.7 Å². The molecule has 0 bridgehead atoms. The Balaban J connectivity index is 1.43. The molecule has 0 spiro atoms. The van der Waals surface area contributed by atoms with Crippen LogP contribution in [0.25, 0.3) is 11.1 Å². The second kappa shape index (κ2) is 12.5. The molecule has 3 nitrogen and oxygen atoms in total. The fourth-order valence-corrected chi connectivity index (χ4v) is 5.39. The van der Waals surface area contributed by atoms with Crippen LogP contribution in [-0.4, -0.2) is 26.1 Å². The molecule has 2 fully saturated rings. The van der Waals surface area contributed by atoms with E-state index in [1.54, 1.807) is 0 Å². The summed E-state index contributed by atoms with van der Waals surface area (Å²) in [6.07, 6.45) is 5.54. The molecule has 0 radical (unpaired) electrons. The summed E-state index contributed by atoms with van der Waals surface area (Å²) < 4.78 is 76.9. The van der Waals surface area contributed by atoms with Crippen molar-refractivity contribution in [3.8, 4) is 11.1 Å². The molecule has 0 saturated carbocycles. The Bertz CT molecular complexity index is 1010. The Kier molecular flexibility index (Phi) is 9.42. The first kappa shape index (κ1) is 27.1. The van der Waals surface area contributed by atoms with E-state index in [9.17, 15) is 8.78 Å². The minimum atomic E-state index is -1.18. The standard InChI is InChI=1S/C29H36F4O3/c1-3-5-18-7-14-24(35-16-18)23-13-12-22(28(32)29(23)33)21-11-10-20(26(30)27(21)31)9-6-19-8-15-25(34-4-2)36-17-19/h10-13,18-19,24-25H,3-9,14-17H2,1-2H3. The highest BCUT2D eigenvalue weighted by Crippen LogP contribution is 2.37. The molecule has 7 heteroatoms. The molecule has 2 aliphatic heterocycles. The third kappa shape index (κ3) is 6.12. The van der Waals surface area contributed by atoms with Crippen LogP contribution in [0.4, 0.5) is 17.6 Å². The predicted molar refractivity (Wildman–Crippen MR) is 130 cm³/mol. The van der Waals surface area contributed by atoms with Crippen molar-refractivity contribution in [3.05, 3.63) is 58.7 Å². The van der Waals surface area contributed by atoms with Gasteiger partial charge in [0.15, 0.2) is 29.6 Å². The second-order valence-corrected chi connectivity index (χ2v) is 9.98. The maximum absolute atomic E-state index is 15.0. The van der Waals surface area contributed by atoms with E-state index in [4.69, 9.17) is 14.2 Å². The van der Waals surface area contributed by atoms with Gasteiger partial charge in [0.1, 0.15) is 0 Å². The van der Waals surface area contributed by atoms with Crippen molar-refractivity contribution in [1.82, 2.24) is 0 Å². The molecule has 4 unspecified atom stereocenters. The molecule has 4 atom stereocenters. The molecule has 2 aromatic carbocycles. The van der Waals surface area contributed by atoms with Crippen LogP contribution in [0.3, 0.4) is 0 Å². The molecule has 2 saturated heterocycles. The fraction of sp³-hybridized carbons (Fsp3) is 0.586. The first-order valence-electron chi connectivity index (χ1n) is 13.2. The van der Waals surface area contributed by atoms with E-state index in [0.29, 0.717) is 45.0 Å². The molecule has 2 aromatic rings. The third-order valence-electron chi connectivity index (χ3n) is 7.48. The van der Waals surface area contributed by atoms with Gasteiger partial charge in [0, 0.05) is 23.3 Å². The minimum Gasteiger partial charge on any atom is -0.373 e. The average Bonchev–Trinajstić information content (AvgIpc) is 2.89. The molecule has 0 amide bonds. The van der Waals surface area contributed by atoms with Gasteiger partial charge in [-0.2, -0.15) is 0 Å². The molecule has 2 aliphatic rings. The molecule has 0 aromatic heterocycles. The Morgan fingerprint density at radius 2 is 1.42 bits per heavy atom. The summed E-state index contributed by atoms with van der Waals surface area (Å²) in [5.74, 6) is -3.74. The van der Waals surface area contributed by atoms with Crippen molar-refractivity contribution in [2.75, 3.05) is 19.8 Å². The number of hydrogen-bond donors (Lipinski definition) is 0. The summed E-state index contributed by atoms with van der Waals surface area (Å²) >= 11 is 0. The van der Waals surface area contributed by atoms with Crippen LogP contribution < -0.4 is 0 Å². The van der Waals surface area contributed by atoms with Gasteiger partial charge < -0.3 is 14.2 Å². The van der Waals surface area contributed by atoms with Gasteiger partial charge in [0.05, 0.1) is 19.3 Å². The summed E-state index contributed by atoms with van der Waals surface area (Å²) in [5, 5.41) is 0. The van der Waals surface area contributed by atoms with Crippen LogP contribution in [0.5, 0.6) is 0 Å². The Labute approximate surface area is 211 Å². The van der Waals surface area contributed by atoms with E-state index in [1.165, 1.54) is 24.3 Å². The van der Waals surface area contributed by atoms with Gasteiger partial charge in [0.25, 0.3) is 0 Å².